The van der Waals surface area contributed by atoms with Crippen LogP contribution in [0.15, 0.2) is 55.2 Å². The molecule has 146 valence electrons. The highest BCUT2D eigenvalue weighted by Crippen LogP contribution is 2.36. The number of aromatic nitrogens is 5. The predicted molar refractivity (Wildman–Crippen MR) is 110 cm³/mol. The lowest BCUT2D eigenvalue weighted by molar-refractivity contribution is 0.187. The van der Waals surface area contributed by atoms with Crippen molar-refractivity contribution in [3.05, 3.63) is 65.8 Å². The number of benzene rings is 1. The molecular weight excluding hydrogens is 392 g/mol. The van der Waals surface area contributed by atoms with E-state index >= 15 is 0 Å². The van der Waals surface area contributed by atoms with Crippen LogP contribution in [0, 0.1) is 6.92 Å². The monoisotopic (exact) mass is 408 g/mol. The zero-order chi connectivity index (χ0) is 20.4. The number of hydrogen-bond acceptors (Lipinski definition) is 5. The molecule has 9 heteroatoms. The number of rotatable bonds is 4. The molecule has 0 saturated heterocycles. The number of aromatic amines is 1. The van der Waals surface area contributed by atoms with Crippen LogP contribution in [0.4, 0.5) is 10.6 Å². The Balaban J connectivity index is 1.86. The average Bonchev–Trinajstić information content (AvgIpc) is 3.39. The predicted octanol–water partition coefficient (Wildman–Crippen LogP) is 4.46. The summed E-state index contributed by atoms with van der Waals surface area (Å²) in [6.45, 7) is 1.94. The molecule has 1 amide bonds. The number of hydrogen-bond donors (Lipinski definition) is 2. The first-order chi connectivity index (χ1) is 14.1. The number of methoxy groups -OCH3 is 1. The van der Waals surface area contributed by atoms with E-state index in [-0.39, 0.29) is 0 Å². The molecule has 4 rings (SSSR count). The van der Waals surface area contributed by atoms with Crippen molar-refractivity contribution in [2.24, 2.45) is 0 Å². The summed E-state index contributed by atoms with van der Waals surface area (Å²) in [5.74, 6) is 0.933. The number of H-pyrrole nitrogens is 1. The lowest BCUT2D eigenvalue weighted by Gasteiger charge is -2.10. The summed E-state index contributed by atoms with van der Waals surface area (Å²) in [6, 6.07) is 9.36. The Labute approximate surface area is 171 Å². The maximum Gasteiger partial charge on any atom is 0.412 e. The van der Waals surface area contributed by atoms with E-state index in [4.69, 9.17) is 11.6 Å². The van der Waals surface area contributed by atoms with E-state index in [0.717, 1.165) is 27.9 Å². The highest BCUT2D eigenvalue weighted by molar-refractivity contribution is 6.33. The fourth-order valence-electron chi connectivity index (χ4n) is 3.02. The Morgan fingerprint density at radius 1 is 1.17 bits per heavy atom. The van der Waals surface area contributed by atoms with Gasteiger partial charge in [0.15, 0.2) is 5.82 Å². The Bertz CT molecular complexity index is 1170. The molecule has 0 fully saturated rings. The second kappa shape index (κ2) is 7.76. The molecule has 0 aliphatic heterocycles. The number of pyridine rings is 1. The maximum atomic E-state index is 11.5. The van der Waals surface area contributed by atoms with E-state index < -0.39 is 6.09 Å². The van der Waals surface area contributed by atoms with Crippen LogP contribution in [-0.2, 0) is 4.74 Å². The molecule has 0 spiro atoms. The minimum atomic E-state index is -0.585. The standard InChI is InChI=1S/C20H17ClN6O2/c1-12-8-22-18(25-20(28)29-2)7-17(12)27-9-14(13-5-3-4-6-16(13)21)15(10-27)19-23-11-24-26-19/h3-11H,1-2H3,(H,22,25,28)(H,23,24,26). The molecule has 0 atom stereocenters. The van der Waals surface area contributed by atoms with Gasteiger partial charge in [0.05, 0.1) is 12.8 Å². The van der Waals surface area contributed by atoms with Gasteiger partial charge in [0, 0.05) is 46.4 Å². The fraction of sp³-hybridized carbons (Fsp3) is 0.100. The number of ether oxygens (including phenoxy) is 1. The molecule has 0 saturated carbocycles. The summed E-state index contributed by atoms with van der Waals surface area (Å²) in [5, 5.41) is 10.2. The Kier molecular flexibility index (Phi) is 5.01. The Morgan fingerprint density at radius 2 is 1.97 bits per heavy atom. The maximum absolute atomic E-state index is 11.5. The van der Waals surface area contributed by atoms with Crippen molar-refractivity contribution in [1.29, 1.82) is 0 Å². The number of amides is 1. The van der Waals surface area contributed by atoms with Crippen LogP contribution in [0.25, 0.3) is 28.2 Å². The van der Waals surface area contributed by atoms with Gasteiger partial charge in [0.1, 0.15) is 12.1 Å². The van der Waals surface area contributed by atoms with Crippen molar-refractivity contribution in [3.63, 3.8) is 0 Å². The van der Waals surface area contributed by atoms with E-state index in [1.807, 2.05) is 48.1 Å². The quantitative estimate of drug-likeness (QED) is 0.519. The van der Waals surface area contributed by atoms with Gasteiger partial charge in [-0.15, -0.1) is 0 Å². The van der Waals surface area contributed by atoms with Gasteiger partial charge in [-0.05, 0) is 18.6 Å². The molecule has 0 bridgehead atoms. The van der Waals surface area contributed by atoms with E-state index in [2.05, 4.69) is 30.2 Å². The smallest absolute Gasteiger partial charge is 0.412 e. The van der Waals surface area contributed by atoms with Gasteiger partial charge < -0.3 is 9.30 Å². The number of nitrogens with one attached hydrogen (secondary N) is 2. The molecule has 0 unspecified atom stereocenters. The first kappa shape index (κ1) is 18.7. The summed E-state index contributed by atoms with van der Waals surface area (Å²) in [6.07, 6.45) is 6.50. The molecule has 2 N–H and O–H groups in total. The molecule has 8 nitrogen and oxygen atoms in total. The largest absolute Gasteiger partial charge is 0.453 e. The second-order valence-electron chi connectivity index (χ2n) is 6.27. The number of anilines is 1. The van der Waals surface area contributed by atoms with Gasteiger partial charge in [0.25, 0.3) is 0 Å². The molecule has 0 aliphatic carbocycles. The molecule has 29 heavy (non-hydrogen) atoms. The number of nitrogens with zero attached hydrogens (tertiary/aromatic N) is 4. The third-order valence-corrected chi connectivity index (χ3v) is 4.74. The zero-order valence-corrected chi connectivity index (χ0v) is 16.4. The van der Waals surface area contributed by atoms with Crippen LogP contribution in [0.5, 0.6) is 0 Å². The number of aryl methyl sites for hydroxylation is 1. The molecule has 0 aliphatic rings. The SMILES string of the molecule is COC(=O)Nc1cc(-n2cc(-c3nc[nH]n3)c(-c3ccccc3Cl)c2)c(C)cn1. The van der Waals surface area contributed by atoms with Crippen LogP contribution >= 0.6 is 11.6 Å². The van der Waals surface area contributed by atoms with Crippen molar-refractivity contribution in [2.75, 3.05) is 12.4 Å². The average molecular weight is 409 g/mol. The molecule has 3 heterocycles. The van der Waals surface area contributed by atoms with Crippen LogP contribution in [0.3, 0.4) is 0 Å². The van der Waals surface area contributed by atoms with Gasteiger partial charge in [-0.1, -0.05) is 29.8 Å². The minimum absolute atomic E-state index is 0.380. The summed E-state index contributed by atoms with van der Waals surface area (Å²) >= 11 is 6.45. The van der Waals surface area contributed by atoms with Gasteiger partial charge in [-0.2, -0.15) is 5.10 Å². The van der Waals surface area contributed by atoms with E-state index in [1.165, 1.54) is 13.4 Å². The second-order valence-corrected chi connectivity index (χ2v) is 6.68. The lowest BCUT2D eigenvalue weighted by Crippen LogP contribution is -2.12. The van der Waals surface area contributed by atoms with E-state index in [9.17, 15) is 4.79 Å². The topological polar surface area (TPSA) is 97.7 Å². The molecule has 3 aromatic heterocycles. The van der Waals surface area contributed by atoms with Gasteiger partial charge >= 0.3 is 6.09 Å². The minimum Gasteiger partial charge on any atom is -0.453 e. The van der Waals surface area contributed by atoms with E-state index in [0.29, 0.717) is 16.7 Å². The third-order valence-electron chi connectivity index (χ3n) is 4.41. The van der Waals surface area contributed by atoms with Gasteiger partial charge in [-0.3, -0.25) is 10.4 Å². The normalized spacial score (nSPS) is 10.7. The van der Waals surface area contributed by atoms with E-state index in [1.54, 1.807) is 12.3 Å². The number of carbonyl (C=O) groups excluding carboxylic acids is 1. The first-order valence-electron chi connectivity index (χ1n) is 8.72. The highest BCUT2D eigenvalue weighted by Gasteiger charge is 2.18. The van der Waals surface area contributed by atoms with Crippen LogP contribution in [0.2, 0.25) is 5.02 Å². The van der Waals surface area contributed by atoms with Gasteiger partial charge in [-0.25, -0.2) is 14.8 Å². The van der Waals surface area contributed by atoms with Crippen LogP contribution in [0.1, 0.15) is 5.56 Å². The van der Waals surface area contributed by atoms with Crippen molar-refractivity contribution in [2.45, 2.75) is 6.92 Å². The first-order valence-corrected chi connectivity index (χ1v) is 9.09. The molecule has 0 radical (unpaired) electrons. The summed E-state index contributed by atoms with van der Waals surface area (Å²) < 4.78 is 6.58. The molecule has 1 aromatic carbocycles. The number of halogens is 1. The Morgan fingerprint density at radius 3 is 2.69 bits per heavy atom. The third kappa shape index (κ3) is 3.70. The van der Waals surface area contributed by atoms with Crippen molar-refractivity contribution < 1.29 is 9.53 Å². The lowest BCUT2D eigenvalue weighted by atomic mass is 10.0. The highest BCUT2D eigenvalue weighted by atomic mass is 35.5. The number of carbonyl (C=O) groups is 1. The summed E-state index contributed by atoms with van der Waals surface area (Å²) in [4.78, 5) is 20.1. The fourth-order valence-corrected chi connectivity index (χ4v) is 3.26. The van der Waals surface area contributed by atoms with Gasteiger partial charge in [0.2, 0.25) is 0 Å². The zero-order valence-electron chi connectivity index (χ0n) is 15.7. The van der Waals surface area contributed by atoms with Crippen LogP contribution < -0.4 is 5.32 Å². The summed E-state index contributed by atoms with van der Waals surface area (Å²) in [7, 11) is 1.30. The van der Waals surface area contributed by atoms with Crippen molar-refractivity contribution >= 4 is 23.5 Å². The Hall–Kier alpha value is -3.65. The van der Waals surface area contributed by atoms with Crippen LogP contribution in [-0.4, -0.2) is 37.9 Å². The van der Waals surface area contributed by atoms with Crippen molar-refractivity contribution in [3.8, 4) is 28.2 Å². The van der Waals surface area contributed by atoms with Crippen molar-refractivity contribution in [1.82, 2.24) is 24.7 Å². The summed E-state index contributed by atoms with van der Waals surface area (Å²) in [5.41, 5.74) is 4.32. The molecular formula is C20H17ClN6O2. The molecule has 4 aromatic rings.